The number of rotatable bonds is 15. The van der Waals surface area contributed by atoms with Crippen molar-refractivity contribution in [3.8, 4) is 11.5 Å². The van der Waals surface area contributed by atoms with Gasteiger partial charge < -0.3 is 37.9 Å². The highest BCUT2D eigenvalue weighted by Crippen LogP contribution is 2.32. The zero-order chi connectivity index (χ0) is 32.9. The third-order valence-electron chi connectivity index (χ3n) is 7.04. The molecular weight excluding hydrogens is 604 g/mol. The molecule has 0 radical (unpaired) electrons. The molecule has 0 N–H and O–H groups in total. The van der Waals surface area contributed by atoms with Crippen LogP contribution in [0.3, 0.4) is 0 Å². The van der Waals surface area contributed by atoms with Gasteiger partial charge in [0, 0.05) is 13.0 Å². The van der Waals surface area contributed by atoms with E-state index in [0.29, 0.717) is 18.8 Å². The van der Waals surface area contributed by atoms with Crippen molar-refractivity contribution in [1.82, 2.24) is 0 Å². The van der Waals surface area contributed by atoms with E-state index in [2.05, 4.69) is 6.58 Å². The number of carbonyl (C=O) groups is 5. The number of benzene rings is 2. The van der Waals surface area contributed by atoms with Crippen molar-refractivity contribution in [3.05, 3.63) is 72.3 Å². The van der Waals surface area contributed by atoms with Crippen LogP contribution in [0.2, 0.25) is 0 Å². The lowest BCUT2D eigenvalue weighted by molar-refractivity contribution is -0.138. The molecule has 0 amide bonds. The van der Waals surface area contributed by atoms with Gasteiger partial charge in [0.1, 0.15) is 23.7 Å². The Bertz CT molecular complexity index is 1370. The molecule has 0 saturated carbocycles. The van der Waals surface area contributed by atoms with Crippen LogP contribution in [0.25, 0.3) is 0 Å². The summed E-state index contributed by atoms with van der Waals surface area (Å²) in [6.45, 7) is 5.30. The monoisotopic (exact) mass is 640 g/mol. The first-order chi connectivity index (χ1) is 22.2. The average molecular weight is 641 g/mol. The topological polar surface area (TPSA) is 159 Å². The Morgan fingerprint density at radius 1 is 0.696 bits per heavy atom. The van der Waals surface area contributed by atoms with Crippen molar-refractivity contribution in [3.63, 3.8) is 0 Å². The fraction of sp³-hybridized carbons (Fsp3) is 0.424. The fourth-order valence-electron chi connectivity index (χ4n) is 4.77. The molecule has 2 aliphatic rings. The smallest absolute Gasteiger partial charge is 0.463 e. The molecule has 2 aromatic rings. The van der Waals surface area contributed by atoms with Crippen molar-refractivity contribution < 1.29 is 61.9 Å². The predicted molar refractivity (Wildman–Crippen MR) is 158 cm³/mol. The molecule has 46 heavy (non-hydrogen) atoms. The minimum Gasteiger partial charge on any atom is -0.463 e. The number of hydrogen-bond donors (Lipinski definition) is 0. The zero-order valence-corrected chi connectivity index (χ0v) is 25.4. The Kier molecular flexibility index (Phi) is 12.7. The molecule has 0 aliphatic carbocycles. The maximum atomic E-state index is 12.8. The van der Waals surface area contributed by atoms with E-state index in [1.807, 2.05) is 0 Å². The number of ether oxygens (including phenoxy) is 8. The Hall–Kier alpha value is -4.75. The van der Waals surface area contributed by atoms with Gasteiger partial charge in [0.05, 0.1) is 37.6 Å². The van der Waals surface area contributed by atoms with Crippen LogP contribution in [-0.2, 0) is 38.0 Å². The van der Waals surface area contributed by atoms with Gasteiger partial charge in [0.2, 0.25) is 0 Å². The van der Waals surface area contributed by atoms with E-state index in [1.165, 1.54) is 55.5 Å². The minimum atomic E-state index is -0.853. The summed E-state index contributed by atoms with van der Waals surface area (Å²) in [5.74, 6) is -1.63. The molecule has 0 spiro atoms. The SMILES string of the molecule is C=CC(=O)OCCCCCCCOC(=O)Oc1ccc(C(=O)O[C@H]2COC3C2OC[C@@H]3OC(=O)c2ccc(OC(C)=O)cc2)cc1. The van der Waals surface area contributed by atoms with Crippen molar-refractivity contribution in [2.45, 2.75) is 63.4 Å². The number of esters is 4. The second-order valence-electron chi connectivity index (χ2n) is 10.5. The molecule has 4 rings (SSSR count). The summed E-state index contributed by atoms with van der Waals surface area (Å²) in [5, 5.41) is 0. The molecule has 0 bridgehead atoms. The first-order valence-electron chi connectivity index (χ1n) is 14.9. The summed E-state index contributed by atoms with van der Waals surface area (Å²) in [6.07, 6.45) is 1.69. The molecule has 2 heterocycles. The van der Waals surface area contributed by atoms with E-state index in [0.717, 1.165) is 31.8 Å². The number of hydrogen-bond acceptors (Lipinski definition) is 13. The van der Waals surface area contributed by atoms with Crippen LogP contribution in [0.4, 0.5) is 4.79 Å². The quantitative estimate of drug-likeness (QED) is 0.0676. The zero-order valence-electron chi connectivity index (χ0n) is 25.4. The maximum Gasteiger partial charge on any atom is 0.513 e. The summed E-state index contributed by atoms with van der Waals surface area (Å²) in [6, 6.07) is 11.7. The van der Waals surface area contributed by atoms with Crippen molar-refractivity contribution in [2.75, 3.05) is 26.4 Å². The molecule has 246 valence electrons. The highest BCUT2D eigenvalue weighted by Gasteiger charge is 2.51. The predicted octanol–water partition coefficient (Wildman–Crippen LogP) is 4.36. The van der Waals surface area contributed by atoms with E-state index >= 15 is 0 Å². The summed E-state index contributed by atoms with van der Waals surface area (Å²) in [4.78, 5) is 59.4. The van der Waals surface area contributed by atoms with E-state index < -0.39 is 54.4 Å². The molecule has 13 nitrogen and oxygen atoms in total. The Balaban J connectivity index is 1.13. The molecule has 2 unspecified atom stereocenters. The summed E-state index contributed by atoms with van der Waals surface area (Å²) in [5.41, 5.74) is 0.483. The van der Waals surface area contributed by atoms with Gasteiger partial charge in [-0.3, -0.25) is 4.79 Å². The average Bonchev–Trinajstić information content (AvgIpc) is 3.63. The molecule has 2 fully saturated rings. The second-order valence-corrected chi connectivity index (χ2v) is 10.5. The fourth-order valence-corrected chi connectivity index (χ4v) is 4.77. The van der Waals surface area contributed by atoms with E-state index in [4.69, 9.17) is 37.9 Å². The third kappa shape index (κ3) is 10.1. The van der Waals surface area contributed by atoms with E-state index in [-0.39, 0.29) is 36.7 Å². The molecule has 13 heteroatoms. The lowest BCUT2D eigenvalue weighted by Gasteiger charge is -2.17. The molecular formula is C33H36O13. The first-order valence-corrected chi connectivity index (χ1v) is 14.9. The summed E-state index contributed by atoms with van der Waals surface area (Å²) < 4.78 is 42.8. The number of unbranched alkanes of at least 4 members (excludes halogenated alkanes) is 4. The summed E-state index contributed by atoms with van der Waals surface area (Å²) in [7, 11) is 0. The van der Waals surface area contributed by atoms with Crippen molar-refractivity contribution in [2.24, 2.45) is 0 Å². The van der Waals surface area contributed by atoms with Gasteiger partial charge in [0.25, 0.3) is 0 Å². The van der Waals surface area contributed by atoms with Gasteiger partial charge in [-0.1, -0.05) is 25.8 Å². The standard InChI is InChI=1S/C33H36O13/c1-3-28(35)39-17-7-5-4-6-8-18-40-33(38)44-25-15-11-23(12-16-25)32(37)46-27-20-42-29-26(19-41-30(27)29)45-31(36)22-9-13-24(14-10-22)43-21(2)34/h3,9-16,26-27,29-30H,1,4-8,17-20H2,2H3/t26-,27-,29?,30?/m0/s1. The van der Waals surface area contributed by atoms with Gasteiger partial charge in [0.15, 0.2) is 12.2 Å². The Labute approximate surface area is 265 Å². The number of fused-ring (bicyclic) bond motifs is 1. The Morgan fingerprint density at radius 3 is 1.63 bits per heavy atom. The van der Waals surface area contributed by atoms with Crippen LogP contribution in [0.1, 0.15) is 59.7 Å². The largest absolute Gasteiger partial charge is 0.513 e. The second kappa shape index (κ2) is 17.1. The molecule has 2 saturated heterocycles. The summed E-state index contributed by atoms with van der Waals surface area (Å²) >= 11 is 0. The van der Waals surface area contributed by atoms with Crippen LogP contribution in [0.15, 0.2) is 61.2 Å². The van der Waals surface area contributed by atoms with Gasteiger partial charge in [-0.05, 0) is 61.4 Å². The van der Waals surface area contributed by atoms with Crippen LogP contribution in [0, 0.1) is 0 Å². The van der Waals surface area contributed by atoms with E-state index in [9.17, 15) is 24.0 Å². The van der Waals surface area contributed by atoms with Gasteiger partial charge in [-0.2, -0.15) is 0 Å². The van der Waals surface area contributed by atoms with Gasteiger partial charge in [-0.25, -0.2) is 19.2 Å². The third-order valence-corrected chi connectivity index (χ3v) is 7.04. The van der Waals surface area contributed by atoms with Gasteiger partial charge in [-0.15, -0.1) is 0 Å². The van der Waals surface area contributed by atoms with Crippen LogP contribution in [0.5, 0.6) is 11.5 Å². The minimum absolute atomic E-state index is 0.0599. The van der Waals surface area contributed by atoms with Crippen LogP contribution < -0.4 is 9.47 Å². The molecule has 2 aliphatic heterocycles. The van der Waals surface area contributed by atoms with E-state index in [1.54, 1.807) is 0 Å². The lowest BCUT2D eigenvalue weighted by Crippen LogP contribution is -2.36. The first kappa shape index (κ1) is 34.1. The van der Waals surface area contributed by atoms with Gasteiger partial charge >= 0.3 is 30.0 Å². The van der Waals surface area contributed by atoms with Crippen LogP contribution >= 0.6 is 0 Å². The normalized spacial score (nSPS) is 19.8. The highest BCUT2D eigenvalue weighted by molar-refractivity contribution is 5.90. The van der Waals surface area contributed by atoms with Crippen molar-refractivity contribution >= 4 is 30.0 Å². The lowest BCUT2D eigenvalue weighted by atomic mass is 10.1. The number of carbonyl (C=O) groups excluding carboxylic acids is 5. The highest BCUT2D eigenvalue weighted by atomic mass is 16.7. The van der Waals surface area contributed by atoms with Crippen LogP contribution in [-0.4, -0.2) is 80.9 Å². The maximum absolute atomic E-state index is 12.8. The van der Waals surface area contributed by atoms with Crippen molar-refractivity contribution in [1.29, 1.82) is 0 Å². The molecule has 4 atom stereocenters. The molecule has 0 aromatic heterocycles. The molecule has 2 aromatic carbocycles. The Morgan fingerprint density at radius 2 is 1.15 bits per heavy atom.